The maximum atomic E-state index is 12.9. The molecule has 1 aromatic rings. The molecule has 1 aromatic heterocycles. The summed E-state index contributed by atoms with van der Waals surface area (Å²) in [5, 5.41) is 5.77. The highest BCUT2D eigenvalue weighted by molar-refractivity contribution is 7.10. The molecule has 4 aliphatic rings. The molecule has 4 heteroatoms. The van der Waals surface area contributed by atoms with Crippen molar-refractivity contribution in [1.29, 1.82) is 0 Å². The van der Waals surface area contributed by atoms with Gasteiger partial charge in [-0.3, -0.25) is 10.1 Å². The van der Waals surface area contributed by atoms with E-state index in [9.17, 15) is 4.79 Å². The summed E-state index contributed by atoms with van der Waals surface area (Å²) in [6.07, 6.45) is 7.82. The normalized spacial score (nSPS) is 39.6. The molecule has 3 aliphatic carbocycles. The van der Waals surface area contributed by atoms with Gasteiger partial charge in [-0.1, -0.05) is 12.5 Å². The maximum Gasteiger partial charge on any atom is 0.244 e. The van der Waals surface area contributed by atoms with E-state index in [0.717, 1.165) is 37.1 Å². The van der Waals surface area contributed by atoms with Crippen LogP contribution in [0.15, 0.2) is 17.5 Å². The van der Waals surface area contributed by atoms with Gasteiger partial charge in [-0.15, -0.1) is 11.3 Å². The van der Waals surface area contributed by atoms with Crippen LogP contribution < -0.4 is 5.32 Å². The topological polar surface area (TPSA) is 32.3 Å². The molecule has 2 bridgehead atoms. The highest BCUT2D eigenvalue weighted by Crippen LogP contribution is 2.51. The lowest BCUT2D eigenvalue weighted by Gasteiger charge is -2.30. The van der Waals surface area contributed by atoms with Crippen molar-refractivity contribution in [3.8, 4) is 0 Å². The fraction of sp³-hybridized carbons (Fsp3) is 0.706. The number of fused-ring (bicyclic) bond motifs is 2. The van der Waals surface area contributed by atoms with Gasteiger partial charge in [0.05, 0.1) is 0 Å². The molecule has 4 atom stereocenters. The molecule has 3 saturated carbocycles. The lowest BCUT2D eigenvalue weighted by Crippen LogP contribution is -2.37. The van der Waals surface area contributed by atoms with Crippen molar-refractivity contribution in [3.63, 3.8) is 0 Å². The van der Waals surface area contributed by atoms with Crippen LogP contribution >= 0.6 is 11.3 Å². The molecule has 0 aromatic carbocycles. The molecule has 1 amide bonds. The highest BCUT2D eigenvalue weighted by Gasteiger charge is 2.60. The van der Waals surface area contributed by atoms with Gasteiger partial charge in [0.25, 0.3) is 0 Å². The highest BCUT2D eigenvalue weighted by atomic mass is 32.1. The first-order valence-electron chi connectivity index (χ1n) is 8.37. The Balaban J connectivity index is 1.41. The molecule has 0 radical (unpaired) electrons. The molecular weight excluding hydrogens is 280 g/mol. The van der Waals surface area contributed by atoms with Crippen molar-refractivity contribution in [1.82, 2.24) is 10.2 Å². The second-order valence-electron chi connectivity index (χ2n) is 7.54. The van der Waals surface area contributed by atoms with Crippen molar-refractivity contribution in [2.45, 2.75) is 50.2 Å². The van der Waals surface area contributed by atoms with Crippen LogP contribution in [0.2, 0.25) is 0 Å². The molecular formula is C17H22N2OS. The molecule has 1 N–H and O–H groups in total. The van der Waals surface area contributed by atoms with Crippen molar-refractivity contribution in [3.05, 3.63) is 22.4 Å². The van der Waals surface area contributed by atoms with Crippen molar-refractivity contribution in [2.24, 2.45) is 17.8 Å². The number of amides is 1. The van der Waals surface area contributed by atoms with Gasteiger partial charge < -0.3 is 4.90 Å². The first-order valence-corrected chi connectivity index (χ1v) is 9.25. The predicted molar refractivity (Wildman–Crippen MR) is 82.8 cm³/mol. The van der Waals surface area contributed by atoms with Crippen LogP contribution in [0, 0.1) is 17.8 Å². The number of carbonyl (C=O) groups is 1. The molecule has 21 heavy (non-hydrogen) atoms. The average Bonchev–Trinajstić information content (AvgIpc) is 2.95. The monoisotopic (exact) mass is 302 g/mol. The van der Waals surface area contributed by atoms with Crippen LogP contribution in [0.4, 0.5) is 0 Å². The van der Waals surface area contributed by atoms with Crippen LogP contribution in [0.1, 0.15) is 49.6 Å². The van der Waals surface area contributed by atoms with Crippen molar-refractivity contribution in [2.75, 3.05) is 6.54 Å². The van der Waals surface area contributed by atoms with E-state index in [4.69, 9.17) is 0 Å². The molecule has 5 rings (SSSR count). The molecule has 112 valence electrons. The SMILES string of the molecule is O=C1N(CC2CC3CCC2C3)C(c2cccs2)NC12CC2. The minimum Gasteiger partial charge on any atom is -0.320 e. The Bertz CT molecular complexity index is 565. The number of nitrogens with zero attached hydrogens (tertiary/aromatic N) is 1. The van der Waals surface area contributed by atoms with E-state index in [1.807, 2.05) is 0 Å². The molecule has 1 saturated heterocycles. The average molecular weight is 302 g/mol. The fourth-order valence-corrected chi connectivity index (χ4v) is 5.78. The summed E-state index contributed by atoms with van der Waals surface area (Å²) in [5.41, 5.74) is -0.188. The van der Waals surface area contributed by atoms with Crippen LogP contribution in [0.3, 0.4) is 0 Å². The van der Waals surface area contributed by atoms with E-state index < -0.39 is 0 Å². The molecule has 4 fully saturated rings. The van der Waals surface area contributed by atoms with Gasteiger partial charge in [0, 0.05) is 11.4 Å². The van der Waals surface area contributed by atoms with Gasteiger partial charge in [0.15, 0.2) is 0 Å². The number of hydrogen-bond acceptors (Lipinski definition) is 3. The summed E-state index contributed by atoms with van der Waals surface area (Å²) < 4.78 is 0. The zero-order valence-electron chi connectivity index (χ0n) is 12.3. The standard InChI is InChI=1S/C17H22N2OS/c20-16-17(5-6-17)18-15(14-2-1-7-21-14)19(16)10-13-9-11-3-4-12(13)8-11/h1-2,7,11-13,15,18H,3-6,8-10H2. The van der Waals surface area contributed by atoms with Crippen LogP contribution in [-0.4, -0.2) is 22.9 Å². The smallest absolute Gasteiger partial charge is 0.244 e. The Kier molecular flexibility index (Phi) is 2.61. The van der Waals surface area contributed by atoms with Gasteiger partial charge in [-0.05, 0) is 61.3 Å². The Morgan fingerprint density at radius 2 is 2.24 bits per heavy atom. The fourth-order valence-electron chi connectivity index (χ4n) is 4.99. The first-order chi connectivity index (χ1) is 10.3. The van der Waals surface area contributed by atoms with Gasteiger partial charge in [-0.25, -0.2) is 0 Å². The molecule has 1 spiro atoms. The number of hydrogen-bond donors (Lipinski definition) is 1. The first kappa shape index (κ1) is 12.7. The van der Waals surface area contributed by atoms with E-state index >= 15 is 0 Å². The Labute approximate surface area is 129 Å². The zero-order valence-corrected chi connectivity index (χ0v) is 13.1. The van der Waals surface area contributed by atoms with Gasteiger partial charge in [0.2, 0.25) is 5.91 Å². The Morgan fingerprint density at radius 1 is 1.33 bits per heavy atom. The lowest BCUT2D eigenvalue weighted by atomic mass is 9.88. The second-order valence-corrected chi connectivity index (χ2v) is 8.52. The van der Waals surface area contributed by atoms with E-state index in [-0.39, 0.29) is 11.7 Å². The third-order valence-electron chi connectivity index (χ3n) is 6.27. The summed E-state index contributed by atoms with van der Waals surface area (Å²) >= 11 is 1.77. The van der Waals surface area contributed by atoms with Gasteiger partial charge in [0.1, 0.15) is 11.7 Å². The Morgan fingerprint density at radius 3 is 2.86 bits per heavy atom. The van der Waals surface area contributed by atoms with E-state index in [0.29, 0.717) is 5.91 Å². The maximum absolute atomic E-state index is 12.9. The van der Waals surface area contributed by atoms with E-state index in [1.165, 1.54) is 30.6 Å². The number of thiophene rings is 1. The minimum atomic E-state index is -0.188. The summed E-state index contributed by atoms with van der Waals surface area (Å²) in [6.45, 7) is 0.983. The minimum absolute atomic E-state index is 0.138. The van der Waals surface area contributed by atoms with Gasteiger partial charge >= 0.3 is 0 Å². The largest absolute Gasteiger partial charge is 0.320 e. The predicted octanol–water partition coefficient (Wildman–Crippen LogP) is 3.15. The molecule has 3 nitrogen and oxygen atoms in total. The summed E-state index contributed by atoms with van der Waals surface area (Å²) in [4.78, 5) is 16.3. The molecule has 4 unspecified atom stereocenters. The number of rotatable bonds is 3. The third-order valence-corrected chi connectivity index (χ3v) is 7.20. The summed E-state index contributed by atoms with van der Waals surface area (Å²) in [5.74, 6) is 2.98. The lowest BCUT2D eigenvalue weighted by molar-refractivity contribution is -0.131. The van der Waals surface area contributed by atoms with Crippen LogP contribution in [0.5, 0.6) is 0 Å². The number of carbonyl (C=O) groups excluding carboxylic acids is 1. The van der Waals surface area contributed by atoms with Crippen LogP contribution in [-0.2, 0) is 4.79 Å². The van der Waals surface area contributed by atoms with E-state index in [2.05, 4.69) is 27.7 Å². The molecule has 1 aliphatic heterocycles. The van der Waals surface area contributed by atoms with Crippen LogP contribution in [0.25, 0.3) is 0 Å². The zero-order chi connectivity index (χ0) is 14.0. The second kappa shape index (κ2) is 4.32. The van der Waals surface area contributed by atoms with E-state index in [1.54, 1.807) is 11.3 Å². The third kappa shape index (κ3) is 1.85. The Hall–Kier alpha value is -0.870. The summed E-state index contributed by atoms with van der Waals surface area (Å²) in [6, 6.07) is 4.27. The molecule has 2 heterocycles. The van der Waals surface area contributed by atoms with Crippen molar-refractivity contribution < 1.29 is 4.79 Å². The quantitative estimate of drug-likeness (QED) is 0.930. The summed E-state index contributed by atoms with van der Waals surface area (Å²) in [7, 11) is 0. The number of nitrogens with one attached hydrogen (secondary N) is 1. The van der Waals surface area contributed by atoms with Gasteiger partial charge in [-0.2, -0.15) is 0 Å². The van der Waals surface area contributed by atoms with Crippen molar-refractivity contribution >= 4 is 17.2 Å².